The van der Waals surface area contributed by atoms with Gasteiger partial charge in [0.05, 0.1) is 12.0 Å². The molecule has 1 aromatic heterocycles. The Labute approximate surface area is 151 Å². The number of hydrogen-bond acceptors (Lipinski definition) is 7. The lowest BCUT2D eigenvalue weighted by molar-refractivity contribution is -0.385. The fourth-order valence-electron chi connectivity index (χ4n) is 2.21. The lowest BCUT2D eigenvalue weighted by Gasteiger charge is -2.11. The largest absolute Gasteiger partial charge is 0.493 e. The summed E-state index contributed by atoms with van der Waals surface area (Å²) < 4.78 is 37.1. The van der Waals surface area contributed by atoms with Gasteiger partial charge in [0, 0.05) is 11.8 Å². The van der Waals surface area contributed by atoms with Crippen LogP contribution < -0.4 is 14.8 Å². The molecule has 0 unspecified atom stereocenters. The van der Waals surface area contributed by atoms with E-state index in [1.807, 2.05) is 0 Å². The molecule has 0 atom stereocenters. The van der Waals surface area contributed by atoms with Crippen molar-refractivity contribution >= 4 is 17.2 Å². The number of ether oxygens (including phenoxy) is 2. The zero-order valence-corrected chi connectivity index (χ0v) is 13.8. The summed E-state index contributed by atoms with van der Waals surface area (Å²) in [6.07, 6.45) is 1.04. The fourth-order valence-corrected chi connectivity index (χ4v) is 2.21. The van der Waals surface area contributed by atoms with Crippen LogP contribution in [0.5, 0.6) is 17.4 Å². The van der Waals surface area contributed by atoms with Gasteiger partial charge < -0.3 is 14.8 Å². The number of methoxy groups -OCH3 is 1. The Balaban J connectivity index is 1.99. The zero-order chi connectivity index (χ0) is 19.4. The molecular formula is C17H12F2N4O4. The highest BCUT2D eigenvalue weighted by Crippen LogP contribution is 2.38. The Morgan fingerprint density at radius 3 is 2.48 bits per heavy atom. The minimum atomic E-state index is -1.11. The first kappa shape index (κ1) is 18.0. The van der Waals surface area contributed by atoms with Crippen LogP contribution in [0.15, 0.2) is 48.8 Å². The molecule has 0 aliphatic heterocycles. The Kier molecular flexibility index (Phi) is 5.06. The van der Waals surface area contributed by atoms with Gasteiger partial charge in [-0.3, -0.25) is 10.1 Å². The Morgan fingerprint density at radius 2 is 1.81 bits per heavy atom. The van der Waals surface area contributed by atoms with E-state index in [4.69, 9.17) is 9.47 Å². The summed E-state index contributed by atoms with van der Waals surface area (Å²) in [5.74, 6) is -2.18. The number of hydrogen-bond donors (Lipinski definition) is 1. The van der Waals surface area contributed by atoms with Gasteiger partial charge in [-0.1, -0.05) is 12.1 Å². The second-order valence-electron chi connectivity index (χ2n) is 5.14. The van der Waals surface area contributed by atoms with Crippen LogP contribution in [0.2, 0.25) is 0 Å². The van der Waals surface area contributed by atoms with Crippen LogP contribution in [0.25, 0.3) is 0 Å². The monoisotopic (exact) mass is 374 g/mol. The topological polar surface area (TPSA) is 99.4 Å². The van der Waals surface area contributed by atoms with E-state index < -0.39 is 22.2 Å². The summed E-state index contributed by atoms with van der Waals surface area (Å²) >= 11 is 0. The van der Waals surface area contributed by atoms with E-state index >= 15 is 0 Å². The molecule has 1 N–H and O–H groups in total. The molecular weight excluding hydrogens is 362 g/mol. The van der Waals surface area contributed by atoms with Gasteiger partial charge >= 0.3 is 11.6 Å². The number of rotatable bonds is 6. The van der Waals surface area contributed by atoms with Gasteiger partial charge in [0.1, 0.15) is 6.33 Å². The van der Waals surface area contributed by atoms with Crippen molar-refractivity contribution in [1.82, 2.24) is 9.97 Å². The molecule has 3 aromatic rings. The summed E-state index contributed by atoms with van der Waals surface area (Å²) in [7, 11) is 1.42. The molecule has 0 radical (unpaired) electrons. The third-order valence-corrected chi connectivity index (χ3v) is 3.43. The summed E-state index contributed by atoms with van der Waals surface area (Å²) in [4.78, 5) is 18.4. The van der Waals surface area contributed by atoms with E-state index in [1.165, 1.54) is 13.2 Å². The first-order valence-corrected chi connectivity index (χ1v) is 7.52. The molecule has 0 saturated carbocycles. The average molecular weight is 374 g/mol. The van der Waals surface area contributed by atoms with E-state index in [9.17, 15) is 18.9 Å². The lowest BCUT2D eigenvalue weighted by Crippen LogP contribution is -2.04. The van der Waals surface area contributed by atoms with Gasteiger partial charge in [0.25, 0.3) is 0 Å². The molecule has 1 heterocycles. The molecule has 0 aliphatic rings. The Bertz CT molecular complexity index is 1000. The fraction of sp³-hybridized carbons (Fsp3) is 0.0588. The minimum Gasteiger partial charge on any atom is -0.493 e. The number of aromatic nitrogens is 2. The second kappa shape index (κ2) is 7.60. The number of nitro groups is 1. The maximum atomic E-state index is 13.4. The first-order valence-electron chi connectivity index (χ1n) is 7.52. The van der Waals surface area contributed by atoms with Crippen LogP contribution in [-0.4, -0.2) is 22.0 Å². The third-order valence-electron chi connectivity index (χ3n) is 3.43. The standard InChI is InChI=1S/C17H12F2N4O4/c1-26-13-4-2-3-5-14(13)27-17-15(23(24)25)16(20-9-21-17)22-10-6-7-11(18)12(19)8-10/h2-9H,1H3,(H,20,21,22). The lowest BCUT2D eigenvalue weighted by atomic mass is 10.3. The molecule has 0 aliphatic carbocycles. The maximum absolute atomic E-state index is 13.4. The van der Waals surface area contributed by atoms with Crippen LogP contribution in [0.4, 0.5) is 26.0 Å². The van der Waals surface area contributed by atoms with Crippen molar-refractivity contribution in [1.29, 1.82) is 0 Å². The molecule has 0 fully saturated rings. The zero-order valence-electron chi connectivity index (χ0n) is 13.8. The molecule has 3 rings (SSSR count). The predicted octanol–water partition coefficient (Wildman–Crippen LogP) is 4.21. The summed E-state index contributed by atoms with van der Waals surface area (Å²) in [5, 5.41) is 14.1. The molecule has 8 nitrogen and oxygen atoms in total. The van der Waals surface area contributed by atoms with E-state index in [0.717, 1.165) is 18.5 Å². The van der Waals surface area contributed by atoms with Gasteiger partial charge in [-0.15, -0.1) is 0 Å². The van der Waals surface area contributed by atoms with Crippen molar-refractivity contribution in [3.63, 3.8) is 0 Å². The average Bonchev–Trinajstić information content (AvgIpc) is 2.65. The summed E-state index contributed by atoms with van der Waals surface area (Å²) in [6.45, 7) is 0. The van der Waals surface area contributed by atoms with Gasteiger partial charge in [-0.05, 0) is 24.3 Å². The van der Waals surface area contributed by atoms with Crippen molar-refractivity contribution in [2.75, 3.05) is 12.4 Å². The number of anilines is 2. The third kappa shape index (κ3) is 3.89. The minimum absolute atomic E-state index is 0.0685. The van der Waals surface area contributed by atoms with Crippen LogP contribution in [0.1, 0.15) is 0 Å². The van der Waals surface area contributed by atoms with E-state index in [0.29, 0.717) is 5.75 Å². The molecule has 27 heavy (non-hydrogen) atoms. The Morgan fingerprint density at radius 1 is 1.07 bits per heavy atom. The van der Waals surface area contributed by atoms with Gasteiger partial charge in [-0.2, -0.15) is 4.98 Å². The van der Waals surface area contributed by atoms with Crippen LogP contribution in [0, 0.1) is 21.7 Å². The number of halogens is 2. The number of nitrogens with one attached hydrogen (secondary N) is 1. The van der Waals surface area contributed by atoms with Crippen molar-refractivity contribution in [3.8, 4) is 17.4 Å². The van der Waals surface area contributed by atoms with E-state index in [2.05, 4.69) is 15.3 Å². The van der Waals surface area contributed by atoms with E-state index in [1.54, 1.807) is 24.3 Å². The molecule has 10 heteroatoms. The van der Waals surface area contributed by atoms with Crippen molar-refractivity contribution in [2.24, 2.45) is 0 Å². The number of nitrogens with zero attached hydrogens (tertiary/aromatic N) is 3. The predicted molar refractivity (Wildman–Crippen MR) is 91.4 cm³/mol. The molecule has 138 valence electrons. The van der Waals surface area contributed by atoms with Gasteiger partial charge in [0.15, 0.2) is 23.1 Å². The number of benzene rings is 2. The second-order valence-corrected chi connectivity index (χ2v) is 5.14. The molecule has 2 aromatic carbocycles. The van der Waals surface area contributed by atoms with Crippen molar-refractivity contribution in [2.45, 2.75) is 0 Å². The maximum Gasteiger partial charge on any atom is 0.373 e. The van der Waals surface area contributed by atoms with Crippen molar-refractivity contribution < 1.29 is 23.2 Å². The van der Waals surface area contributed by atoms with Crippen LogP contribution in [-0.2, 0) is 0 Å². The molecule has 0 saturated heterocycles. The van der Waals surface area contributed by atoms with Gasteiger partial charge in [-0.25, -0.2) is 13.8 Å². The molecule has 0 bridgehead atoms. The smallest absolute Gasteiger partial charge is 0.373 e. The highest BCUT2D eigenvalue weighted by molar-refractivity contribution is 5.69. The van der Waals surface area contributed by atoms with Gasteiger partial charge in [0.2, 0.25) is 5.82 Å². The molecule has 0 amide bonds. The van der Waals surface area contributed by atoms with Crippen LogP contribution in [0.3, 0.4) is 0 Å². The number of para-hydroxylation sites is 2. The SMILES string of the molecule is COc1ccccc1Oc1ncnc(Nc2ccc(F)c(F)c2)c1[N+](=O)[O-]. The molecule has 0 spiro atoms. The highest BCUT2D eigenvalue weighted by Gasteiger charge is 2.26. The van der Waals surface area contributed by atoms with Crippen LogP contribution >= 0.6 is 0 Å². The normalized spacial score (nSPS) is 10.3. The van der Waals surface area contributed by atoms with E-state index in [-0.39, 0.29) is 23.1 Å². The Hall–Kier alpha value is -3.82. The quantitative estimate of drug-likeness (QED) is 0.510. The highest BCUT2D eigenvalue weighted by atomic mass is 19.2. The summed E-state index contributed by atoms with van der Waals surface area (Å²) in [6, 6.07) is 9.47. The summed E-state index contributed by atoms with van der Waals surface area (Å²) in [5.41, 5.74) is -0.507. The van der Waals surface area contributed by atoms with Crippen molar-refractivity contribution in [3.05, 3.63) is 70.5 Å². The first-order chi connectivity index (χ1) is 13.0.